The molecule has 2 aromatic heterocycles. The van der Waals surface area contributed by atoms with Crippen molar-refractivity contribution in [3.63, 3.8) is 0 Å². The first-order chi connectivity index (χ1) is 18.0. The highest BCUT2D eigenvalue weighted by Crippen LogP contribution is 2.19. The standard InChI is InChI=1S/C27H22N6O4/c34-26(22-11-9-21(10-12-22)20-6-2-1-3-7-20)28-13-14-32-25-24(16-30-32)27(35)31(18-29-25)17-19-5-4-8-23(15-19)33(36)37/h1-12,15-16,18H,13-14,17H2,(H,28,34). The van der Waals surface area contributed by atoms with Crippen molar-refractivity contribution < 1.29 is 9.72 Å². The van der Waals surface area contributed by atoms with Gasteiger partial charge in [-0.1, -0.05) is 54.6 Å². The Morgan fingerprint density at radius 3 is 2.49 bits per heavy atom. The van der Waals surface area contributed by atoms with E-state index >= 15 is 0 Å². The van der Waals surface area contributed by atoms with Crippen molar-refractivity contribution in [1.29, 1.82) is 0 Å². The van der Waals surface area contributed by atoms with Crippen LogP contribution in [-0.4, -0.2) is 36.7 Å². The summed E-state index contributed by atoms with van der Waals surface area (Å²) in [6.45, 7) is 0.779. The first-order valence-corrected chi connectivity index (χ1v) is 11.6. The van der Waals surface area contributed by atoms with Crippen LogP contribution in [0.3, 0.4) is 0 Å². The number of benzene rings is 3. The molecule has 5 aromatic rings. The molecule has 184 valence electrons. The van der Waals surface area contributed by atoms with Gasteiger partial charge in [-0.15, -0.1) is 0 Å². The zero-order valence-corrected chi connectivity index (χ0v) is 19.7. The Kier molecular flexibility index (Phi) is 6.54. The van der Waals surface area contributed by atoms with Gasteiger partial charge in [0, 0.05) is 24.2 Å². The second-order valence-corrected chi connectivity index (χ2v) is 8.41. The molecular weight excluding hydrogens is 472 g/mol. The Morgan fingerprint density at radius 2 is 1.73 bits per heavy atom. The van der Waals surface area contributed by atoms with E-state index in [-0.39, 0.29) is 23.7 Å². The molecule has 0 aliphatic heterocycles. The molecule has 0 fully saturated rings. The predicted molar refractivity (Wildman–Crippen MR) is 138 cm³/mol. The van der Waals surface area contributed by atoms with Crippen LogP contribution in [0.1, 0.15) is 15.9 Å². The molecule has 10 heteroatoms. The van der Waals surface area contributed by atoms with E-state index in [4.69, 9.17) is 0 Å². The molecule has 0 saturated carbocycles. The number of nitro groups is 1. The normalized spacial score (nSPS) is 10.9. The van der Waals surface area contributed by atoms with E-state index in [1.807, 2.05) is 42.5 Å². The third-order valence-corrected chi connectivity index (χ3v) is 5.96. The van der Waals surface area contributed by atoms with Crippen LogP contribution in [0.25, 0.3) is 22.2 Å². The van der Waals surface area contributed by atoms with Crippen LogP contribution in [-0.2, 0) is 13.1 Å². The van der Waals surface area contributed by atoms with Gasteiger partial charge in [-0.2, -0.15) is 5.10 Å². The number of rotatable bonds is 8. The molecular formula is C27H22N6O4. The fourth-order valence-corrected chi connectivity index (χ4v) is 4.06. The summed E-state index contributed by atoms with van der Waals surface area (Å²) in [5, 5.41) is 18.5. The Hall–Kier alpha value is -5.12. The fourth-order valence-electron chi connectivity index (χ4n) is 4.06. The molecule has 0 unspecified atom stereocenters. The smallest absolute Gasteiger partial charge is 0.269 e. The van der Waals surface area contributed by atoms with Crippen molar-refractivity contribution in [1.82, 2.24) is 24.6 Å². The number of hydrogen-bond acceptors (Lipinski definition) is 6. The van der Waals surface area contributed by atoms with E-state index in [0.29, 0.717) is 35.2 Å². The minimum absolute atomic E-state index is 0.0402. The van der Waals surface area contributed by atoms with Gasteiger partial charge in [0.2, 0.25) is 0 Å². The minimum Gasteiger partial charge on any atom is -0.350 e. The Balaban J connectivity index is 1.23. The zero-order chi connectivity index (χ0) is 25.8. The maximum atomic E-state index is 12.9. The fraction of sp³-hybridized carbons (Fsp3) is 0.111. The van der Waals surface area contributed by atoms with Gasteiger partial charge in [-0.3, -0.25) is 24.3 Å². The number of fused-ring (bicyclic) bond motifs is 1. The highest BCUT2D eigenvalue weighted by Gasteiger charge is 2.13. The van der Waals surface area contributed by atoms with Gasteiger partial charge in [-0.25, -0.2) is 9.67 Å². The highest BCUT2D eigenvalue weighted by atomic mass is 16.6. The second kappa shape index (κ2) is 10.2. The van der Waals surface area contributed by atoms with Gasteiger partial charge in [0.25, 0.3) is 17.2 Å². The van der Waals surface area contributed by atoms with E-state index in [9.17, 15) is 19.7 Å². The van der Waals surface area contributed by atoms with E-state index in [2.05, 4.69) is 15.4 Å². The molecule has 0 bridgehead atoms. The van der Waals surface area contributed by atoms with Crippen LogP contribution < -0.4 is 10.9 Å². The summed E-state index contributed by atoms with van der Waals surface area (Å²) in [6.07, 6.45) is 2.84. The van der Waals surface area contributed by atoms with Crippen LogP contribution in [0.5, 0.6) is 0 Å². The molecule has 0 aliphatic rings. The summed E-state index contributed by atoms with van der Waals surface area (Å²) in [6, 6.07) is 23.4. The van der Waals surface area contributed by atoms with Gasteiger partial charge >= 0.3 is 0 Å². The predicted octanol–water partition coefficient (Wildman–Crippen LogP) is 3.65. The van der Waals surface area contributed by atoms with Gasteiger partial charge < -0.3 is 5.32 Å². The van der Waals surface area contributed by atoms with Gasteiger partial charge in [-0.05, 0) is 28.8 Å². The molecule has 0 spiro atoms. The van der Waals surface area contributed by atoms with Gasteiger partial charge in [0.1, 0.15) is 11.7 Å². The monoisotopic (exact) mass is 494 g/mol. The number of carbonyl (C=O) groups is 1. The molecule has 0 radical (unpaired) electrons. The number of amides is 1. The van der Waals surface area contributed by atoms with Crippen LogP contribution >= 0.6 is 0 Å². The van der Waals surface area contributed by atoms with Crippen molar-refractivity contribution in [3.05, 3.63) is 123 Å². The van der Waals surface area contributed by atoms with Gasteiger partial charge in [0.15, 0.2) is 5.65 Å². The quantitative estimate of drug-likeness (QED) is 0.259. The Labute approximate surface area is 211 Å². The first-order valence-electron chi connectivity index (χ1n) is 11.6. The largest absolute Gasteiger partial charge is 0.350 e. The lowest BCUT2D eigenvalue weighted by Crippen LogP contribution is -2.27. The Bertz CT molecular complexity index is 1640. The molecule has 10 nitrogen and oxygen atoms in total. The molecule has 0 aliphatic carbocycles. The van der Waals surface area contributed by atoms with Crippen LogP contribution in [0.4, 0.5) is 5.69 Å². The summed E-state index contributed by atoms with van der Waals surface area (Å²) in [5.74, 6) is -0.205. The number of nitrogens with zero attached hydrogens (tertiary/aromatic N) is 5. The highest BCUT2D eigenvalue weighted by molar-refractivity contribution is 5.94. The average Bonchev–Trinajstić information content (AvgIpc) is 3.34. The summed E-state index contributed by atoms with van der Waals surface area (Å²) < 4.78 is 2.95. The topological polar surface area (TPSA) is 125 Å². The van der Waals surface area contributed by atoms with E-state index < -0.39 is 4.92 Å². The average molecular weight is 495 g/mol. The molecule has 1 amide bonds. The summed E-state index contributed by atoms with van der Waals surface area (Å²) >= 11 is 0. The molecule has 3 aromatic carbocycles. The van der Waals surface area contributed by atoms with E-state index in [1.54, 1.807) is 28.9 Å². The van der Waals surface area contributed by atoms with Crippen molar-refractivity contribution >= 4 is 22.6 Å². The lowest BCUT2D eigenvalue weighted by molar-refractivity contribution is -0.384. The molecule has 2 heterocycles. The van der Waals surface area contributed by atoms with Crippen molar-refractivity contribution in [3.8, 4) is 11.1 Å². The number of aromatic nitrogens is 4. The van der Waals surface area contributed by atoms with Crippen LogP contribution in [0.15, 0.2) is 96.2 Å². The van der Waals surface area contributed by atoms with Crippen molar-refractivity contribution in [2.75, 3.05) is 6.54 Å². The summed E-state index contributed by atoms with van der Waals surface area (Å²) in [7, 11) is 0. The Morgan fingerprint density at radius 1 is 0.973 bits per heavy atom. The summed E-state index contributed by atoms with van der Waals surface area (Å²) in [4.78, 5) is 40.4. The van der Waals surface area contributed by atoms with E-state index in [0.717, 1.165) is 11.1 Å². The molecule has 5 rings (SSSR count). The molecule has 1 N–H and O–H groups in total. The third kappa shape index (κ3) is 5.13. The van der Waals surface area contributed by atoms with E-state index in [1.165, 1.54) is 29.2 Å². The third-order valence-electron chi connectivity index (χ3n) is 5.96. The van der Waals surface area contributed by atoms with Crippen LogP contribution in [0.2, 0.25) is 0 Å². The molecule has 0 atom stereocenters. The molecule has 37 heavy (non-hydrogen) atoms. The molecule has 0 saturated heterocycles. The van der Waals surface area contributed by atoms with Crippen LogP contribution in [0, 0.1) is 10.1 Å². The second-order valence-electron chi connectivity index (χ2n) is 8.41. The maximum absolute atomic E-state index is 12.9. The lowest BCUT2D eigenvalue weighted by atomic mass is 10.0. The maximum Gasteiger partial charge on any atom is 0.269 e. The lowest BCUT2D eigenvalue weighted by Gasteiger charge is -2.08. The van der Waals surface area contributed by atoms with Crippen molar-refractivity contribution in [2.24, 2.45) is 0 Å². The first kappa shape index (κ1) is 23.6. The minimum atomic E-state index is -0.476. The number of nitrogens with one attached hydrogen (secondary N) is 1. The number of carbonyl (C=O) groups excluding carboxylic acids is 1. The SMILES string of the molecule is O=C(NCCn1ncc2c(=O)n(Cc3cccc([N+](=O)[O-])c3)cnc21)c1ccc(-c2ccccc2)cc1. The zero-order valence-electron chi connectivity index (χ0n) is 19.7. The van der Waals surface area contributed by atoms with Gasteiger partial charge in [0.05, 0.1) is 24.2 Å². The van der Waals surface area contributed by atoms with Crippen molar-refractivity contribution in [2.45, 2.75) is 13.1 Å². The number of non-ortho nitro benzene ring substituents is 1. The number of nitro benzene ring substituents is 1. The number of hydrogen-bond donors (Lipinski definition) is 1. The summed E-state index contributed by atoms with van der Waals surface area (Å²) in [5.41, 5.74) is 3.34.